The zero-order valence-corrected chi connectivity index (χ0v) is 11.5. The summed E-state index contributed by atoms with van der Waals surface area (Å²) in [5.74, 6) is -0.884. The molecule has 1 N–H and O–H groups in total. The minimum atomic E-state index is -0.884. The zero-order chi connectivity index (χ0) is 9.30. The molecule has 1 aromatic carbocycles. The minimum absolute atomic E-state index is 0.350. The summed E-state index contributed by atoms with van der Waals surface area (Å²) in [6.45, 7) is 0. The molecule has 64 valence electrons. The number of carboxylic acids is 1. The highest BCUT2D eigenvalue weighted by atomic mass is 127. The van der Waals surface area contributed by atoms with Crippen LogP contribution in [-0.4, -0.2) is 11.1 Å². The van der Waals surface area contributed by atoms with Crippen LogP contribution >= 0.6 is 61.1 Å². The van der Waals surface area contributed by atoms with Gasteiger partial charge in [-0.05, 0) is 73.2 Å². The smallest absolute Gasteiger partial charge is 0.336 e. The molecule has 0 radical (unpaired) electrons. The highest BCUT2D eigenvalue weighted by molar-refractivity contribution is 14.1. The van der Waals surface area contributed by atoms with Crippen LogP contribution in [0.5, 0.6) is 0 Å². The Morgan fingerprint density at radius 3 is 2.42 bits per heavy atom. The van der Waals surface area contributed by atoms with Crippen molar-refractivity contribution >= 4 is 67.1 Å². The van der Waals surface area contributed by atoms with Crippen LogP contribution < -0.4 is 0 Å². The highest BCUT2D eigenvalue weighted by Gasteiger charge is 2.10. The summed E-state index contributed by atoms with van der Waals surface area (Å²) in [4.78, 5) is 10.7. The summed E-state index contributed by atoms with van der Waals surface area (Å²) >= 11 is 7.41. The van der Waals surface area contributed by atoms with Crippen LogP contribution in [-0.2, 0) is 0 Å². The van der Waals surface area contributed by atoms with Gasteiger partial charge in [-0.1, -0.05) is 0 Å². The molecule has 0 fully saturated rings. The lowest BCUT2D eigenvalue weighted by Crippen LogP contribution is -2.00. The summed E-state index contributed by atoms with van der Waals surface area (Å²) in [7, 11) is 0. The summed E-state index contributed by atoms with van der Waals surface area (Å²) in [6.07, 6.45) is 0. The van der Waals surface area contributed by atoms with E-state index in [1.165, 1.54) is 0 Å². The largest absolute Gasteiger partial charge is 0.478 e. The lowest BCUT2D eigenvalue weighted by atomic mass is 10.2. The molecule has 12 heavy (non-hydrogen) atoms. The molecule has 5 heteroatoms. The topological polar surface area (TPSA) is 37.3 Å². The molecule has 1 aromatic rings. The normalized spacial score (nSPS) is 9.92. The van der Waals surface area contributed by atoms with Crippen molar-refractivity contribution in [2.24, 2.45) is 0 Å². The van der Waals surface area contributed by atoms with E-state index in [0.717, 1.165) is 11.6 Å². The van der Waals surface area contributed by atoms with Crippen LogP contribution in [0, 0.1) is 7.14 Å². The summed E-state index contributed by atoms with van der Waals surface area (Å²) in [6, 6.07) is 3.44. The van der Waals surface area contributed by atoms with E-state index in [0.29, 0.717) is 5.56 Å². The van der Waals surface area contributed by atoms with E-state index < -0.39 is 5.97 Å². The van der Waals surface area contributed by atoms with E-state index in [4.69, 9.17) is 5.11 Å². The van der Waals surface area contributed by atoms with Crippen molar-refractivity contribution < 1.29 is 9.90 Å². The number of carboxylic acid groups (broad SMARTS) is 1. The third-order valence-corrected chi connectivity index (χ3v) is 4.42. The molecule has 0 spiro atoms. The van der Waals surface area contributed by atoms with Gasteiger partial charge in [0.15, 0.2) is 0 Å². The van der Waals surface area contributed by atoms with Gasteiger partial charge in [-0.25, -0.2) is 4.79 Å². The van der Waals surface area contributed by atoms with E-state index in [9.17, 15) is 4.79 Å². The number of hydrogen-bond acceptors (Lipinski definition) is 1. The first kappa shape index (κ1) is 10.7. The van der Waals surface area contributed by atoms with E-state index in [1.54, 1.807) is 12.1 Å². The Hall–Kier alpha value is 0.630. The van der Waals surface area contributed by atoms with Gasteiger partial charge in [-0.3, -0.25) is 0 Å². The second kappa shape index (κ2) is 4.23. The van der Waals surface area contributed by atoms with Crippen LogP contribution in [0.1, 0.15) is 10.4 Å². The second-order valence-electron chi connectivity index (χ2n) is 2.05. The molecule has 0 atom stereocenters. The van der Waals surface area contributed by atoms with Crippen LogP contribution in [0.3, 0.4) is 0 Å². The standard InChI is InChI=1S/C7H3BrI2O2/c8-4-2-5(9)3(7(11)12)1-6(4)10/h1-2H,(H,11,12). The van der Waals surface area contributed by atoms with Gasteiger partial charge in [0.05, 0.1) is 5.56 Å². The molecule has 0 saturated heterocycles. The zero-order valence-electron chi connectivity index (χ0n) is 5.64. The van der Waals surface area contributed by atoms with Crippen LogP contribution in [0.25, 0.3) is 0 Å². The second-order valence-corrected chi connectivity index (χ2v) is 5.23. The Kier molecular flexibility index (Phi) is 3.77. The number of halogens is 3. The molecule has 0 aliphatic rings. The maximum atomic E-state index is 10.7. The number of carbonyl (C=O) groups is 1. The van der Waals surface area contributed by atoms with E-state index in [2.05, 4.69) is 38.5 Å². The van der Waals surface area contributed by atoms with Crippen molar-refractivity contribution in [1.29, 1.82) is 0 Å². The van der Waals surface area contributed by atoms with Gasteiger partial charge < -0.3 is 5.11 Å². The fourth-order valence-electron chi connectivity index (χ4n) is 0.686. The highest BCUT2D eigenvalue weighted by Crippen LogP contribution is 2.24. The Balaban J connectivity index is 3.33. The lowest BCUT2D eigenvalue weighted by Gasteiger charge is -2.01. The molecule has 0 aliphatic heterocycles. The van der Waals surface area contributed by atoms with Crippen LogP contribution in [0.4, 0.5) is 0 Å². The Morgan fingerprint density at radius 2 is 1.92 bits per heavy atom. The summed E-state index contributed by atoms with van der Waals surface area (Å²) < 4.78 is 2.58. The average Bonchev–Trinajstić information content (AvgIpc) is 1.96. The minimum Gasteiger partial charge on any atom is -0.478 e. The van der Waals surface area contributed by atoms with Crippen molar-refractivity contribution in [2.75, 3.05) is 0 Å². The van der Waals surface area contributed by atoms with Crippen LogP contribution in [0.15, 0.2) is 16.6 Å². The fourth-order valence-corrected chi connectivity index (χ4v) is 2.62. The third-order valence-electron chi connectivity index (χ3n) is 1.24. The van der Waals surface area contributed by atoms with Crippen molar-refractivity contribution in [1.82, 2.24) is 0 Å². The molecule has 1 rings (SSSR count). The van der Waals surface area contributed by atoms with Gasteiger partial charge in [0.25, 0.3) is 0 Å². The van der Waals surface area contributed by atoms with Gasteiger partial charge >= 0.3 is 5.97 Å². The molecule has 0 unspecified atom stereocenters. The molecular weight excluding hydrogens is 450 g/mol. The molecular formula is C7H3BrI2O2. The molecule has 0 bridgehead atoms. The monoisotopic (exact) mass is 452 g/mol. The Morgan fingerprint density at radius 1 is 1.33 bits per heavy atom. The summed E-state index contributed by atoms with van der Waals surface area (Å²) in [5.41, 5.74) is 0.350. The predicted molar refractivity (Wildman–Crippen MR) is 66.5 cm³/mol. The van der Waals surface area contributed by atoms with Crippen molar-refractivity contribution in [3.8, 4) is 0 Å². The third kappa shape index (κ3) is 2.32. The van der Waals surface area contributed by atoms with E-state index >= 15 is 0 Å². The van der Waals surface area contributed by atoms with Gasteiger partial charge in [-0.15, -0.1) is 0 Å². The quantitative estimate of drug-likeness (QED) is 0.524. The molecule has 0 amide bonds. The van der Waals surface area contributed by atoms with Crippen molar-refractivity contribution in [3.63, 3.8) is 0 Å². The predicted octanol–water partition coefficient (Wildman–Crippen LogP) is 3.36. The van der Waals surface area contributed by atoms with Crippen LogP contribution in [0.2, 0.25) is 0 Å². The maximum Gasteiger partial charge on any atom is 0.336 e. The van der Waals surface area contributed by atoms with Gasteiger partial charge in [0, 0.05) is 11.6 Å². The average molecular weight is 453 g/mol. The number of hydrogen-bond donors (Lipinski definition) is 1. The first-order valence-corrected chi connectivity index (χ1v) is 5.85. The molecule has 0 aliphatic carbocycles. The van der Waals surface area contributed by atoms with Crippen molar-refractivity contribution in [2.45, 2.75) is 0 Å². The fraction of sp³-hybridized carbons (Fsp3) is 0. The molecule has 0 saturated carbocycles. The maximum absolute atomic E-state index is 10.7. The van der Waals surface area contributed by atoms with Crippen molar-refractivity contribution in [3.05, 3.63) is 29.3 Å². The number of aromatic carboxylic acids is 1. The van der Waals surface area contributed by atoms with Gasteiger partial charge in [-0.2, -0.15) is 0 Å². The Bertz CT molecular complexity index is 338. The van der Waals surface area contributed by atoms with E-state index in [-0.39, 0.29) is 0 Å². The Labute approximate surface area is 105 Å². The number of rotatable bonds is 1. The van der Waals surface area contributed by atoms with Gasteiger partial charge in [0.1, 0.15) is 0 Å². The SMILES string of the molecule is O=C(O)c1cc(I)c(Br)cc1I. The number of benzene rings is 1. The molecule has 2 nitrogen and oxygen atoms in total. The first-order chi connectivity index (χ1) is 5.52. The molecule has 0 heterocycles. The molecule has 0 aromatic heterocycles. The summed E-state index contributed by atoms with van der Waals surface area (Å²) in [5, 5.41) is 8.76. The first-order valence-electron chi connectivity index (χ1n) is 2.90. The van der Waals surface area contributed by atoms with Gasteiger partial charge in [0.2, 0.25) is 0 Å². The van der Waals surface area contributed by atoms with E-state index in [1.807, 2.05) is 22.6 Å². The lowest BCUT2D eigenvalue weighted by molar-refractivity contribution is 0.0695.